The summed E-state index contributed by atoms with van der Waals surface area (Å²) in [5.74, 6) is 0. The Kier molecular flexibility index (Phi) is 1.49. The van der Waals surface area contributed by atoms with Crippen LogP contribution in [-0.2, 0) is 6.42 Å². The maximum Gasteiger partial charge on any atom is 0.225 e. The van der Waals surface area contributed by atoms with Crippen LogP contribution in [0.3, 0.4) is 0 Å². The van der Waals surface area contributed by atoms with Gasteiger partial charge < -0.3 is 0 Å². The Labute approximate surface area is 65.3 Å². The van der Waals surface area contributed by atoms with E-state index in [2.05, 4.69) is 23.2 Å². The summed E-state index contributed by atoms with van der Waals surface area (Å²) >= 11 is 1.88. The highest BCUT2D eigenvalue weighted by Crippen LogP contribution is 2.29. The maximum atomic E-state index is 2.36. The first-order chi connectivity index (χ1) is 4.90. The van der Waals surface area contributed by atoms with Crippen molar-refractivity contribution in [2.45, 2.75) is 32.2 Å². The largest absolute Gasteiger partial charge is 0.225 e. The molecule has 0 unspecified atom stereocenters. The van der Waals surface area contributed by atoms with Crippen LogP contribution in [-0.4, -0.2) is 0 Å². The van der Waals surface area contributed by atoms with Crippen LogP contribution in [0.4, 0.5) is 0 Å². The summed E-state index contributed by atoms with van der Waals surface area (Å²) in [6, 6.07) is 0.858. The van der Waals surface area contributed by atoms with Crippen LogP contribution in [0.2, 0.25) is 0 Å². The first-order valence-corrected chi connectivity index (χ1v) is 4.76. The fraction of sp³-hybridized carbons (Fsp3) is 0.625. The lowest BCUT2D eigenvalue weighted by Gasteiger charge is -1.81. The van der Waals surface area contributed by atoms with E-state index in [0.717, 1.165) is 6.04 Å². The summed E-state index contributed by atoms with van der Waals surface area (Å²) in [4.78, 5) is 1.51. The van der Waals surface area contributed by atoms with Crippen molar-refractivity contribution >= 4 is 11.3 Å². The molecule has 0 amide bonds. The molecule has 10 heavy (non-hydrogen) atoms. The van der Waals surface area contributed by atoms with Gasteiger partial charge in [0.2, 0.25) is 5.51 Å². The van der Waals surface area contributed by atoms with Crippen molar-refractivity contribution in [3.63, 3.8) is 0 Å². The normalized spacial score (nSPS) is 17.7. The minimum atomic E-state index is 0.858. The standard InChI is InChI=1S/C8H12NS/c1-2-8-5-9(6-10-8)7-3-4-7/h5-7H,2-4H2,1H3/q+1. The molecule has 0 spiro atoms. The smallest absolute Gasteiger partial charge is 0.192 e. The summed E-state index contributed by atoms with van der Waals surface area (Å²) < 4.78 is 2.36. The summed E-state index contributed by atoms with van der Waals surface area (Å²) in [6.45, 7) is 2.21. The number of rotatable bonds is 2. The van der Waals surface area contributed by atoms with Gasteiger partial charge in [0.25, 0.3) is 0 Å². The molecule has 1 aliphatic rings. The van der Waals surface area contributed by atoms with Crippen molar-refractivity contribution < 1.29 is 4.57 Å². The molecule has 1 aliphatic carbocycles. The van der Waals surface area contributed by atoms with Crippen molar-refractivity contribution in [2.24, 2.45) is 0 Å². The predicted octanol–water partition coefficient (Wildman–Crippen LogP) is 1.93. The molecule has 1 fully saturated rings. The fourth-order valence-corrected chi connectivity index (χ4v) is 1.93. The fourth-order valence-electron chi connectivity index (χ4n) is 1.09. The van der Waals surface area contributed by atoms with Crippen LogP contribution < -0.4 is 4.57 Å². The van der Waals surface area contributed by atoms with E-state index >= 15 is 0 Å². The molecule has 1 aromatic heterocycles. The Bertz CT molecular complexity index is 225. The molecule has 2 rings (SSSR count). The van der Waals surface area contributed by atoms with Gasteiger partial charge in [0.05, 0.1) is 4.88 Å². The van der Waals surface area contributed by atoms with Gasteiger partial charge in [-0.15, -0.1) is 0 Å². The number of aromatic nitrogens is 1. The number of aryl methyl sites for hydroxylation is 1. The lowest BCUT2D eigenvalue weighted by molar-refractivity contribution is -0.696. The molecule has 0 aromatic carbocycles. The monoisotopic (exact) mass is 154 g/mol. The number of hydrogen-bond acceptors (Lipinski definition) is 1. The van der Waals surface area contributed by atoms with Crippen LogP contribution in [0.5, 0.6) is 0 Å². The van der Waals surface area contributed by atoms with E-state index in [1.807, 2.05) is 11.3 Å². The molecule has 54 valence electrons. The third kappa shape index (κ3) is 1.08. The SMILES string of the molecule is CCc1c[n+](C2CC2)cs1. The number of nitrogens with zero attached hydrogens (tertiary/aromatic N) is 1. The maximum absolute atomic E-state index is 2.36. The molecule has 0 atom stereocenters. The average Bonchev–Trinajstić information content (AvgIpc) is 2.70. The molecular weight excluding hydrogens is 142 g/mol. The Morgan fingerprint density at radius 3 is 3.00 bits per heavy atom. The van der Waals surface area contributed by atoms with Gasteiger partial charge in [-0.25, -0.2) is 0 Å². The van der Waals surface area contributed by atoms with Crippen LogP contribution in [0.25, 0.3) is 0 Å². The summed E-state index contributed by atoms with van der Waals surface area (Å²) in [6.07, 6.45) is 6.27. The van der Waals surface area contributed by atoms with E-state index in [-0.39, 0.29) is 0 Å². The van der Waals surface area contributed by atoms with E-state index in [1.165, 1.54) is 24.1 Å². The van der Waals surface area contributed by atoms with E-state index in [0.29, 0.717) is 0 Å². The zero-order valence-electron chi connectivity index (χ0n) is 6.21. The molecule has 2 heteroatoms. The highest BCUT2D eigenvalue weighted by atomic mass is 32.1. The van der Waals surface area contributed by atoms with E-state index in [1.54, 1.807) is 0 Å². The molecule has 1 aromatic rings. The lowest BCUT2D eigenvalue weighted by Crippen LogP contribution is -2.27. The predicted molar refractivity (Wildman–Crippen MR) is 42.2 cm³/mol. The lowest BCUT2D eigenvalue weighted by atomic mass is 10.4. The molecule has 0 N–H and O–H groups in total. The van der Waals surface area contributed by atoms with Gasteiger partial charge in [-0.05, 0) is 6.42 Å². The molecule has 1 heterocycles. The Balaban J connectivity index is 2.19. The van der Waals surface area contributed by atoms with E-state index in [4.69, 9.17) is 0 Å². The first-order valence-electron chi connectivity index (χ1n) is 3.88. The van der Waals surface area contributed by atoms with Crippen molar-refractivity contribution in [3.05, 3.63) is 16.6 Å². The Morgan fingerprint density at radius 2 is 2.50 bits per heavy atom. The summed E-state index contributed by atoms with van der Waals surface area (Å²) in [7, 11) is 0. The van der Waals surface area contributed by atoms with E-state index in [9.17, 15) is 0 Å². The van der Waals surface area contributed by atoms with Gasteiger partial charge in [0, 0.05) is 12.8 Å². The van der Waals surface area contributed by atoms with Gasteiger partial charge in [-0.2, -0.15) is 4.57 Å². The zero-order chi connectivity index (χ0) is 6.97. The Hall–Kier alpha value is -0.370. The highest BCUT2D eigenvalue weighted by molar-refractivity contribution is 7.09. The molecule has 1 saturated carbocycles. The topological polar surface area (TPSA) is 3.88 Å². The quantitative estimate of drug-likeness (QED) is 0.573. The minimum absolute atomic E-state index is 0.858. The second-order valence-corrected chi connectivity index (χ2v) is 3.82. The van der Waals surface area contributed by atoms with Crippen molar-refractivity contribution in [1.29, 1.82) is 0 Å². The third-order valence-electron chi connectivity index (χ3n) is 1.94. The number of hydrogen-bond donors (Lipinski definition) is 0. The highest BCUT2D eigenvalue weighted by Gasteiger charge is 2.31. The van der Waals surface area contributed by atoms with Gasteiger partial charge in [-0.1, -0.05) is 18.3 Å². The zero-order valence-corrected chi connectivity index (χ0v) is 7.03. The second-order valence-electron chi connectivity index (χ2n) is 2.85. The summed E-state index contributed by atoms with van der Waals surface area (Å²) in [5, 5.41) is 0. The van der Waals surface area contributed by atoms with Gasteiger partial charge in [0.1, 0.15) is 0 Å². The molecular formula is C8H12NS+. The first kappa shape index (κ1) is 6.35. The van der Waals surface area contributed by atoms with Gasteiger partial charge in [-0.3, -0.25) is 0 Å². The van der Waals surface area contributed by atoms with Crippen LogP contribution in [0.1, 0.15) is 30.7 Å². The molecule has 1 nitrogen and oxygen atoms in total. The van der Waals surface area contributed by atoms with Gasteiger partial charge >= 0.3 is 0 Å². The molecule has 0 aliphatic heterocycles. The van der Waals surface area contributed by atoms with Gasteiger partial charge in [0.15, 0.2) is 12.2 Å². The Morgan fingerprint density at radius 1 is 1.70 bits per heavy atom. The van der Waals surface area contributed by atoms with Crippen LogP contribution in [0.15, 0.2) is 11.7 Å². The minimum Gasteiger partial charge on any atom is -0.192 e. The van der Waals surface area contributed by atoms with Crippen LogP contribution >= 0.6 is 11.3 Å². The number of thiazole rings is 1. The van der Waals surface area contributed by atoms with Crippen molar-refractivity contribution in [3.8, 4) is 0 Å². The molecule has 0 bridgehead atoms. The van der Waals surface area contributed by atoms with Crippen molar-refractivity contribution in [2.75, 3.05) is 0 Å². The van der Waals surface area contributed by atoms with Crippen LogP contribution in [0, 0.1) is 0 Å². The van der Waals surface area contributed by atoms with Crippen molar-refractivity contribution in [1.82, 2.24) is 0 Å². The molecule has 0 saturated heterocycles. The molecule has 0 radical (unpaired) electrons. The summed E-state index contributed by atoms with van der Waals surface area (Å²) in [5.41, 5.74) is 2.25. The second kappa shape index (κ2) is 2.35. The van der Waals surface area contributed by atoms with E-state index < -0.39 is 0 Å². The average molecular weight is 154 g/mol. The third-order valence-corrected chi connectivity index (χ3v) is 2.98.